The molecular formula is C15H23NO. The van der Waals surface area contributed by atoms with E-state index in [0.717, 1.165) is 24.2 Å². The molecule has 1 heterocycles. The summed E-state index contributed by atoms with van der Waals surface area (Å²) in [6.45, 7) is 10.6. The summed E-state index contributed by atoms with van der Waals surface area (Å²) in [6, 6.07) is 4.34. The lowest BCUT2D eigenvalue weighted by Crippen LogP contribution is -2.14. The lowest BCUT2D eigenvalue weighted by molar-refractivity contribution is 0.442. The molecule has 1 unspecified atom stereocenters. The van der Waals surface area contributed by atoms with Gasteiger partial charge in [0.25, 0.3) is 0 Å². The summed E-state index contributed by atoms with van der Waals surface area (Å²) >= 11 is 0. The Morgan fingerprint density at radius 2 is 2.00 bits per heavy atom. The fourth-order valence-electron chi connectivity index (χ4n) is 2.55. The average Bonchev–Trinajstić information content (AvgIpc) is 2.73. The quantitative estimate of drug-likeness (QED) is 0.781. The number of benzene rings is 1. The predicted molar refractivity (Wildman–Crippen MR) is 71.8 cm³/mol. The molecule has 2 nitrogen and oxygen atoms in total. The molecule has 0 aromatic heterocycles. The van der Waals surface area contributed by atoms with Crippen molar-refractivity contribution in [3.05, 3.63) is 28.8 Å². The average molecular weight is 233 g/mol. The Labute approximate surface area is 104 Å². The van der Waals surface area contributed by atoms with Crippen LogP contribution in [0, 0.1) is 6.92 Å². The van der Waals surface area contributed by atoms with Crippen molar-refractivity contribution >= 4 is 0 Å². The SMILES string of the molecule is Cc1cc(C2CCNC2)cc(C(C)(C)C)c1O. The zero-order chi connectivity index (χ0) is 12.6. The zero-order valence-corrected chi connectivity index (χ0v) is 11.3. The minimum atomic E-state index is -0.00309. The van der Waals surface area contributed by atoms with E-state index in [2.05, 4.69) is 38.2 Å². The van der Waals surface area contributed by atoms with Gasteiger partial charge in [-0.25, -0.2) is 0 Å². The molecule has 2 N–H and O–H groups in total. The highest BCUT2D eigenvalue weighted by molar-refractivity contribution is 5.47. The van der Waals surface area contributed by atoms with Gasteiger partial charge in [-0.1, -0.05) is 32.9 Å². The molecule has 0 bridgehead atoms. The largest absolute Gasteiger partial charge is 0.507 e. The van der Waals surface area contributed by atoms with Gasteiger partial charge in [-0.2, -0.15) is 0 Å². The maximum atomic E-state index is 10.2. The highest BCUT2D eigenvalue weighted by Crippen LogP contribution is 2.36. The van der Waals surface area contributed by atoms with Gasteiger partial charge in [-0.3, -0.25) is 0 Å². The molecule has 0 spiro atoms. The minimum absolute atomic E-state index is 0.00309. The number of hydrogen-bond donors (Lipinski definition) is 2. The van der Waals surface area contributed by atoms with Gasteiger partial charge in [-0.05, 0) is 47.9 Å². The van der Waals surface area contributed by atoms with Crippen LogP contribution >= 0.6 is 0 Å². The molecule has 2 rings (SSSR count). The van der Waals surface area contributed by atoms with Gasteiger partial charge in [0.05, 0.1) is 0 Å². The van der Waals surface area contributed by atoms with Crippen LogP contribution in [-0.2, 0) is 5.41 Å². The van der Waals surface area contributed by atoms with E-state index in [-0.39, 0.29) is 5.41 Å². The lowest BCUT2D eigenvalue weighted by Gasteiger charge is -2.24. The molecule has 1 aliphatic heterocycles. The fraction of sp³-hybridized carbons (Fsp3) is 0.600. The van der Waals surface area contributed by atoms with Gasteiger partial charge in [0, 0.05) is 6.54 Å². The summed E-state index contributed by atoms with van der Waals surface area (Å²) in [4.78, 5) is 0. The molecule has 1 saturated heterocycles. The van der Waals surface area contributed by atoms with Crippen LogP contribution in [0.25, 0.3) is 0 Å². The van der Waals surface area contributed by atoms with Crippen molar-refractivity contribution in [1.82, 2.24) is 5.32 Å². The number of phenols is 1. The monoisotopic (exact) mass is 233 g/mol. The van der Waals surface area contributed by atoms with Crippen molar-refractivity contribution in [2.75, 3.05) is 13.1 Å². The number of nitrogens with one attached hydrogen (secondary N) is 1. The number of hydrogen-bond acceptors (Lipinski definition) is 2. The van der Waals surface area contributed by atoms with E-state index in [0.29, 0.717) is 11.7 Å². The molecular weight excluding hydrogens is 210 g/mol. The normalized spacial score (nSPS) is 20.8. The molecule has 1 fully saturated rings. The first-order valence-corrected chi connectivity index (χ1v) is 6.44. The summed E-state index contributed by atoms with van der Waals surface area (Å²) < 4.78 is 0. The summed E-state index contributed by atoms with van der Waals surface area (Å²) in [6.07, 6.45) is 1.20. The van der Waals surface area contributed by atoms with Crippen LogP contribution in [0.5, 0.6) is 5.75 Å². The van der Waals surface area contributed by atoms with Crippen LogP contribution < -0.4 is 5.32 Å². The van der Waals surface area contributed by atoms with Crippen LogP contribution in [0.3, 0.4) is 0 Å². The predicted octanol–water partition coefficient (Wildman–Crippen LogP) is 3.08. The van der Waals surface area contributed by atoms with Crippen LogP contribution in [-0.4, -0.2) is 18.2 Å². The van der Waals surface area contributed by atoms with Gasteiger partial charge in [0.15, 0.2) is 0 Å². The summed E-state index contributed by atoms with van der Waals surface area (Å²) in [7, 11) is 0. The number of phenolic OH excluding ortho intramolecular Hbond substituents is 1. The van der Waals surface area contributed by atoms with Gasteiger partial charge >= 0.3 is 0 Å². The molecule has 0 saturated carbocycles. The van der Waals surface area contributed by atoms with E-state index in [4.69, 9.17) is 0 Å². The summed E-state index contributed by atoms with van der Waals surface area (Å²) in [5, 5.41) is 13.6. The first kappa shape index (κ1) is 12.4. The van der Waals surface area contributed by atoms with Gasteiger partial charge < -0.3 is 10.4 Å². The van der Waals surface area contributed by atoms with Crippen molar-refractivity contribution in [2.45, 2.75) is 45.4 Å². The maximum Gasteiger partial charge on any atom is 0.122 e. The Morgan fingerprint density at radius 1 is 1.29 bits per heavy atom. The molecule has 0 amide bonds. The van der Waals surface area contributed by atoms with Crippen molar-refractivity contribution in [3.63, 3.8) is 0 Å². The Morgan fingerprint density at radius 3 is 2.53 bits per heavy atom. The zero-order valence-electron chi connectivity index (χ0n) is 11.3. The molecule has 2 heteroatoms. The summed E-state index contributed by atoms with van der Waals surface area (Å²) in [5.74, 6) is 1.07. The minimum Gasteiger partial charge on any atom is -0.507 e. The molecule has 1 atom stereocenters. The third-order valence-electron chi connectivity index (χ3n) is 3.66. The van der Waals surface area contributed by atoms with Crippen LogP contribution in [0.15, 0.2) is 12.1 Å². The van der Waals surface area contributed by atoms with Gasteiger partial charge in [0.1, 0.15) is 5.75 Å². The first-order valence-electron chi connectivity index (χ1n) is 6.44. The van der Waals surface area contributed by atoms with Crippen molar-refractivity contribution < 1.29 is 5.11 Å². The molecule has 1 aliphatic rings. The second-order valence-electron chi connectivity index (χ2n) is 6.17. The topological polar surface area (TPSA) is 32.3 Å². The van der Waals surface area contributed by atoms with Crippen molar-refractivity contribution in [3.8, 4) is 5.75 Å². The van der Waals surface area contributed by atoms with E-state index in [1.165, 1.54) is 12.0 Å². The van der Waals surface area contributed by atoms with E-state index >= 15 is 0 Å². The Hall–Kier alpha value is -1.02. The summed E-state index contributed by atoms with van der Waals surface area (Å²) in [5.41, 5.74) is 3.44. The van der Waals surface area contributed by atoms with Crippen molar-refractivity contribution in [2.24, 2.45) is 0 Å². The Balaban J connectivity index is 2.45. The van der Waals surface area contributed by atoms with E-state index in [1.54, 1.807) is 0 Å². The second kappa shape index (κ2) is 4.34. The molecule has 94 valence electrons. The van der Waals surface area contributed by atoms with E-state index in [9.17, 15) is 5.11 Å². The van der Waals surface area contributed by atoms with E-state index in [1.807, 2.05) is 6.92 Å². The molecule has 0 aliphatic carbocycles. The number of aryl methyl sites for hydroxylation is 1. The second-order valence-corrected chi connectivity index (χ2v) is 6.17. The molecule has 17 heavy (non-hydrogen) atoms. The highest BCUT2D eigenvalue weighted by atomic mass is 16.3. The highest BCUT2D eigenvalue weighted by Gasteiger charge is 2.23. The smallest absolute Gasteiger partial charge is 0.122 e. The van der Waals surface area contributed by atoms with Gasteiger partial charge in [0.2, 0.25) is 0 Å². The lowest BCUT2D eigenvalue weighted by atomic mass is 9.82. The fourth-order valence-corrected chi connectivity index (χ4v) is 2.55. The number of rotatable bonds is 1. The third-order valence-corrected chi connectivity index (χ3v) is 3.66. The molecule has 0 radical (unpaired) electrons. The van der Waals surface area contributed by atoms with Crippen LogP contribution in [0.1, 0.15) is 49.8 Å². The first-order chi connectivity index (χ1) is 7.89. The van der Waals surface area contributed by atoms with Crippen molar-refractivity contribution in [1.29, 1.82) is 0 Å². The standard InChI is InChI=1S/C15H23NO/c1-10-7-12(11-5-6-16-9-11)8-13(14(10)17)15(2,3)4/h7-8,11,16-17H,5-6,9H2,1-4H3. The Bertz CT molecular complexity index is 412. The number of aromatic hydroxyl groups is 1. The van der Waals surface area contributed by atoms with E-state index < -0.39 is 0 Å². The van der Waals surface area contributed by atoms with Crippen LogP contribution in [0.4, 0.5) is 0 Å². The molecule has 1 aromatic carbocycles. The molecule has 1 aromatic rings. The Kier molecular flexibility index (Phi) is 3.17. The third kappa shape index (κ3) is 2.47. The van der Waals surface area contributed by atoms with Crippen LogP contribution in [0.2, 0.25) is 0 Å². The maximum absolute atomic E-state index is 10.2. The van der Waals surface area contributed by atoms with Gasteiger partial charge in [-0.15, -0.1) is 0 Å².